The van der Waals surface area contributed by atoms with Gasteiger partial charge < -0.3 is 0 Å². The third kappa shape index (κ3) is 9.34. The van der Waals surface area contributed by atoms with Crippen LogP contribution < -0.4 is 0 Å². The van der Waals surface area contributed by atoms with Crippen LogP contribution in [0.1, 0.15) is 51.4 Å². The first-order valence-corrected chi connectivity index (χ1v) is 8.37. The van der Waals surface area contributed by atoms with Gasteiger partial charge in [0.15, 0.2) is 0 Å². The van der Waals surface area contributed by atoms with Crippen LogP contribution in [0.5, 0.6) is 0 Å². The molecule has 0 aliphatic heterocycles. The number of hydrogen-bond donors (Lipinski definition) is 0. The number of halogens is 5. The van der Waals surface area contributed by atoms with Gasteiger partial charge in [-0.1, -0.05) is 31.8 Å². The molecule has 0 bridgehead atoms. The Labute approximate surface area is 127 Å². The molecule has 0 aliphatic rings. The van der Waals surface area contributed by atoms with Crippen LogP contribution in [0.25, 0.3) is 0 Å². The molecule has 0 fully saturated rings. The summed E-state index contributed by atoms with van der Waals surface area (Å²) in [6.45, 7) is 2.65. The zero-order valence-electron chi connectivity index (χ0n) is 12.2. The van der Waals surface area contributed by atoms with E-state index in [-0.39, 0.29) is 12.8 Å². The highest BCUT2D eigenvalue weighted by Gasteiger charge is 2.45. The van der Waals surface area contributed by atoms with Gasteiger partial charge in [0.05, 0.1) is 6.61 Å². The molecular weight excluding hydrogens is 331 g/mol. The van der Waals surface area contributed by atoms with Crippen LogP contribution in [0.4, 0.5) is 22.0 Å². The van der Waals surface area contributed by atoms with Crippen molar-refractivity contribution in [3.8, 4) is 0 Å². The lowest BCUT2D eigenvalue weighted by Gasteiger charge is -2.15. The van der Waals surface area contributed by atoms with E-state index in [1.165, 1.54) is 0 Å². The smallest absolute Gasteiger partial charge is 0.261 e. The van der Waals surface area contributed by atoms with E-state index < -0.39 is 41.0 Å². The molecule has 0 rings (SSSR count). The Morgan fingerprint density at radius 3 is 1.77 bits per heavy atom. The monoisotopic (exact) mass is 352 g/mol. The van der Waals surface area contributed by atoms with E-state index >= 15 is 0 Å². The van der Waals surface area contributed by atoms with Crippen LogP contribution in [0.15, 0.2) is 12.7 Å². The molecule has 0 aromatic carbocycles. The predicted molar refractivity (Wildman–Crippen MR) is 73.0 cm³/mol. The summed E-state index contributed by atoms with van der Waals surface area (Å²) in [5.74, 6) is 0. The molecule has 0 saturated carbocycles. The molecular formula is C13H21F5O3S. The van der Waals surface area contributed by atoms with Gasteiger partial charge in [-0.3, -0.25) is 4.18 Å². The molecule has 0 unspecified atom stereocenters. The molecule has 9 heteroatoms. The highest BCUT2D eigenvalue weighted by molar-refractivity contribution is 7.87. The average Bonchev–Trinajstić information content (AvgIpc) is 2.38. The van der Waals surface area contributed by atoms with Gasteiger partial charge in [0.2, 0.25) is 0 Å². The van der Waals surface area contributed by atoms with E-state index in [4.69, 9.17) is 0 Å². The zero-order chi connectivity index (χ0) is 17.3. The second kappa shape index (κ2) is 9.44. The number of unbranched alkanes of at least 4 members (excludes halogenated alkanes) is 5. The fourth-order valence-electron chi connectivity index (χ4n) is 1.71. The molecule has 22 heavy (non-hydrogen) atoms. The number of rotatable bonds is 12. The topological polar surface area (TPSA) is 43.4 Å². The highest BCUT2D eigenvalue weighted by atomic mass is 32.2. The van der Waals surface area contributed by atoms with Gasteiger partial charge in [0.25, 0.3) is 0 Å². The summed E-state index contributed by atoms with van der Waals surface area (Å²) in [4.78, 5) is 0. The summed E-state index contributed by atoms with van der Waals surface area (Å²) < 4.78 is 88.9. The first-order chi connectivity index (χ1) is 10.0. The predicted octanol–water partition coefficient (Wildman–Crippen LogP) is 4.79. The largest absolute Gasteiger partial charge is 0.389 e. The minimum Gasteiger partial charge on any atom is -0.261 e. The summed E-state index contributed by atoms with van der Waals surface area (Å²) >= 11 is 0. The third-order valence-corrected chi connectivity index (χ3v) is 4.27. The van der Waals surface area contributed by atoms with Crippen molar-refractivity contribution in [2.45, 2.75) is 62.8 Å². The van der Waals surface area contributed by atoms with Gasteiger partial charge in [-0.2, -0.15) is 30.4 Å². The minimum absolute atomic E-state index is 0.0173. The van der Waals surface area contributed by atoms with Crippen LogP contribution in [-0.4, -0.2) is 26.5 Å². The first-order valence-electron chi connectivity index (χ1n) is 6.96. The lowest BCUT2D eigenvalue weighted by atomic mass is 10.1. The highest BCUT2D eigenvalue weighted by Crippen LogP contribution is 2.30. The van der Waals surface area contributed by atoms with Crippen molar-refractivity contribution in [2.75, 3.05) is 6.61 Å². The van der Waals surface area contributed by atoms with Crippen LogP contribution in [0.2, 0.25) is 0 Å². The standard InChI is InChI=1S/C13H21F5O3S/c1-2-11-21-22(19,20)13(17,18)10-8-6-4-3-5-7-9-12(14,15)16/h2H,1,3-11H2. The Morgan fingerprint density at radius 2 is 1.32 bits per heavy atom. The van der Waals surface area contributed by atoms with E-state index in [0.717, 1.165) is 6.08 Å². The van der Waals surface area contributed by atoms with E-state index in [2.05, 4.69) is 10.8 Å². The van der Waals surface area contributed by atoms with Gasteiger partial charge in [-0.15, -0.1) is 6.58 Å². The number of alkyl halides is 5. The second-order valence-electron chi connectivity index (χ2n) is 4.90. The summed E-state index contributed by atoms with van der Waals surface area (Å²) in [6.07, 6.45) is -3.15. The first kappa shape index (κ1) is 21.3. The second-order valence-corrected chi connectivity index (χ2v) is 6.64. The van der Waals surface area contributed by atoms with Crippen molar-refractivity contribution < 1.29 is 34.6 Å². The Kier molecular flexibility index (Phi) is 9.14. The molecule has 0 radical (unpaired) electrons. The molecule has 0 spiro atoms. The fraction of sp³-hybridized carbons (Fsp3) is 0.846. The number of hydrogen-bond acceptors (Lipinski definition) is 3. The Morgan fingerprint density at radius 1 is 0.864 bits per heavy atom. The van der Waals surface area contributed by atoms with Crippen LogP contribution >= 0.6 is 0 Å². The van der Waals surface area contributed by atoms with Crippen LogP contribution in [-0.2, 0) is 14.3 Å². The van der Waals surface area contributed by atoms with E-state index in [9.17, 15) is 30.4 Å². The molecule has 0 heterocycles. The van der Waals surface area contributed by atoms with Crippen molar-refractivity contribution >= 4 is 10.1 Å². The molecule has 0 aliphatic carbocycles. The summed E-state index contributed by atoms with van der Waals surface area (Å²) in [5.41, 5.74) is 0. The maximum atomic E-state index is 13.4. The maximum absolute atomic E-state index is 13.4. The molecule has 0 N–H and O–H groups in total. The normalized spacial score (nSPS) is 13.3. The van der Waals surface area contributed by atoms with Gasteiger partial charge in [0, 0.05) is 12.8 Å². The Bertz CT molecular complexity index is 418. The molecule has 0 aromatic heterocycles. The lowest BCUT2D eigenvalue weighted by molar-refractivity contribution is -0.135. The van der Waals surface area contributed by atoms with E-state index in [1.54, 1.807) is 0 Å². The van der Waals surface area contributed by atoms with Crippen molar-refractivity contribution in [1.82, 2.24) is 0 Å². The van der Waals surface area contributed by atoms with E-state index in [1.807, 2.05) is 0 Å². The lowest BCUT2D eigenvalue weighted by Crippen LogP contribution is -2.30. The maximum Gasteiger partial charge on any atom is 0.389 e. The summed E-state index contributed by atoms with van der Waals surface area (Å²) in [5, 5.41) is -3.97. The van der Waals surface area contributed by atoms with Crippen molar-refractivity contribution in [3.05, 3.63) is 12.7 Å². The molecule has 0 saturated heterocycles. The SMILES string of the molecule is C=CCOS(=O)(=O)C(F)(F)CCCCCCCCC(F)(F)F. The zero-order valence-corrected chi connectivity index (χ0v) is 13.0. The van der Waals surface area contributed by atoms with Crippen molar-refractivity contribution in [2.24, 2.45) is 0 Å². The van der Waals surface area contributed by atoms with Crippen molar-refractivity contribution in [1.29, 1.82) is 0 Å². The Balaban J connectivity index is 3.84. The van der Waals surface area contributed by atoms with Crippen molar-refractivity contribution in [3.63, 3.8) is 0 Å². The van der Waals surface area contributed by atoms with Gasteiger partial charge >= 0.3 is 21.5 Å². The van der Waals surface area contributed by atoms with Gasteiger partial charge in [0.1, 0.15) is 0 Å². The van der Waals surface area contributed by atoms with Gasteiger partial charge in [-0.05, 0) is 12.8 Å². The summed E-state index contributed by atoms with van der Waals surface area (Å²) in [7, 11) is -4.97. The Hall–Kier alpha value is -0.700. The van der Waals surface area contributed by atoms with Crippen LogP contribution in [0, 0.1) is 0 Å². The molecule has 0 atom stereocenters. The van der Waals surface area contributed by atoms with E-state index in [0.29, 0.717) is 25.7 Å². The molecule has 132 valence electrons. The third-order valence-electron chi connectivity index (χ3n) is 2.88. The van der Waals surface area contributed by atoms with Crippen LogP contribution in [0.3, 0.4) is 0 Å². The summed E-state index contributed by atoms with van der Waals surface area (Å²) in [6, 6.07) is 0. The molecule has 0 amide bonds. The minimum atomic E-state index is -4.97. The molecule has 3 nitrogen and oxygen atoms in total. The molecule has 0 aromatic rings. The van der Waals surface area contributed by atoms with Gasteiger partial charge in [-0.25, -0.2) is 0 Å². The quantitative estimate of drug-likeness (QED) is 0.219. The fourth-order valence-corrected chi connectivity index (χ4v) is 2.55. The average molecular weight is 352 g/mol.